The summed E-state index contributed by atoms with van der Waals surface area (Å²) in [5.74, 6) is -0.956. The van der Waals surface area contributed by atoms with Gasteiger partial charge in [0.2, 0.25) is 0 Å². The van der Waals surface area contributed by atoms with Crippen LogP contribution in [0.25, 0.3) is 0 Å². The first-order chi connectivity index (χ1) is 9.85. The van der Waals surface area contributed by atoms with Gasteiger partial charge in [0.15, 0.2) is 0 Å². The van der Waals surface area contributed by atoms with Gasteiger partial charge in [0, 0.05) is 0 Å². The summed E-state index contributed by atoms with van der Waals surface area (Å²) < 4.78 is 40.2. The van der Waals surface area contributed by atoms with Gasteiger partial charge < -0.3 is 5.73 Å². The van der Waals surface area contributed by atoms with Crippen molar-refractivity contribution in [1.82, 2.24) is 0 Å². The third-order valence-electron chi connectivity index (χ3n) is 2.61. The van der Waals surface area contributed by atoms with Gasteiger partial charge in [-0.15, -0.1) is 0 Å². The number of nitriles is 1. The Labute approximate surface area is 125 Å². The fourth-order valence-electron chi connectivity index (χ4n) is 1.68. The predicted molar refractivity (Wildman–Crippen MR) is 77.8 cm³/mol. The van der Waals surface area contributed by atoms with Crippen LogP contribution in [-0.2, 0) is 10.0 Å². The van der Waals surface area contributed by atoms with E-state index in [1.807, 2.05) is 6.07 Å². The molecule has 0 unspecified atom stereocenters. The first-order valence-corrected chi connectivity index (χ1v) is 7.48. The maximum Gasteiger partial charge on any atom is 0.266 e. The highest BCUT2D eigenvalue weighted by Gasteiger charge is 2.22. The van der Waals surface area contributed by atoms with E-state index in [0.717, 1.165) is 6.07 Å². The molecule has 0 fully saturated rings. The predicted octanol–water partition coefficient (Wildman–Crippen LogP) is 2.73. The van der Waals surface area contributed by atoms with Gasteiger partial charge in [0.05, 0.1) is 22.0 Å². The van der Waals surface area contributed by atoms with Gasteiger partial charge in [0.1, 0.15) is 16.8 Å². The summed E-state index contributed by atoms with van der Waals surface area (Å²) >= 11 is 5.81. The minimum atomic E-state index is -4.20. The van der Waals surface area contributed by atoms with Crippen molar-refractivity contribution in [1.29, 1.82) is 5.26 Å². The summed E-state index contributed by atoms with van der Waals surface area (Å²) in [5.41, 5.74) is 5.60. The second-order valence-electron chi connectivity index (χ2n) is 4.07. The van der Waals surface area contributed by atoms with Crippen LogP contribution in [0.15, 0.2) is 41.3 Å². The summed E-state index contributed by atoms with van der Waals surface area (Å²) in [6.45, 7) is 0. The number of halogens is 2. The number of nitrogens with one attached hydrogen (secondary N) is 1. The number of hydrogen-bond acceptors (Lipinski definition) is 4. The fraction of sp³-hybridized carbons (Fsp3) is 0. The fourth-order valence-corrected chi connectivity index (χ4v) is 3.15. The van der Waals surface area contributed by atoms with E-state index in [1.165, 1.54) is 30.3 Å². The highest BCUT2D eigenvalue weighted by atomic mass is 35.5. The molecule has 0 heterocycles. The first kappa shape index (κ1) is 15.1. The number of anilines is 2. The second kappa shape index (κ2) is 5.60. The molecule has 0 saturated carbocycles. The number of nitrogen functional groups attached to an aromatic ring is 1. The van der Waals surface area contributed by atoms with E-state index in [4.69, 9.17) is 22.6 Å². The zero-order valence-electron chi connectivity index (χ0n) is 10.5. The van der Waals surface area contributed by atoms with Gasteiger partial charge >= 0.3 is 0 Å². The van der Waals surface area contributed by atoms with Crippen molar-refractivity contribution < 1.29 is 12.8 Å². The average Bonchev–Trinajstić information content (AvgIpc) is 2.37. The largest absolute Gasteiger partial charge is 0.398 e. The van der Waals surface area contributed by atoms with Crippen LogP contribution in [0.3, 0.4) is 0 Å². The molecule has 0 aliphatic carbocycles. The number of hydrogen-bond donors (Lipinski definition) is 2. The molecular weight excluding hydrogens is 317 g/mol. The van der Waals surface area contributed by atoms with E-state index in [1.54, 1.807) is 0 Å². The number of nitrogens with two attached hydrogens (primary N) is 1. The lowest BCUT2D eigenvalue weighted by molar-refractivity contribution is 0.572. The Balaban J connectivity index is 2.43. The molecule has 0 aliphatic rings. The lowest BCUT2D eigenvalue weighted by Crippen LogP contribution is -2.16. The van der Waals surface area contributed by atoms with E-state index in [0.29, 0.717) is 0 Å². The molecule has 0 atom stereocenters. The SMILES string of the molecule is N#Cc1ccc(NS(=O)(=O)c2c(N)cccc2F)cc1Cl. The van der Waals surface area contributed by atoms with Crippen molar-refractivity contribution in [3.05, 3.63) is 52.8 Å². The molecule has 5 nitrogen and oxygen atoms in total. The van der Waals surface area contributed by atoms with E-state index >= 15 is 0 Å². The Kier molecular flexibility index (Phi) is 4.02. The molecule has 0 aromatic heterocycles. The van der Waals surface area contributed by atoms with Crippen molar-refractivity contribution in [2.45, 2.75) is 4.90 Å². The summed E-state index contributed by atoms with van der Waals surface area (Å²) in [5, 5.41) is 8.84. The molecule has 21 heavy (non-hydrogen) atoms. The summed E-state index contributed by atoms with van der Waals surface area (Å²) in [6, 6.07) is 9.39. The molecule has 2 rings (SSSR count). The van der Waals surface area contributed by atoms with Crippen LogP contribution in [0.2, 0.25) is 5.02 Å². The van der Waals surface area contributed by atoms with E-state index in [2.05, 4.69) is 4.72 Å². The monoisotopic (exact) mass is 325 g/mol. The third kappa shape index (κ3) is 3.07. The summed E-state index contributed by atoms with van der Waals surface area (Å²) in [7, 11) is -4.20. The number of rotatable bonds is 3. The molecule has 0 bridgehead atoms. The minimum absolute atomic E-state index is 0.0826. The normalized spacial score (nSPS) is 10.9. The molecule has 0 saturated heterocycles. The van der Waals surface area contributed by atoms with Gasteiger partial charge in [0.25, 0.3) is 10.0 Å². The molecule has 108 valence electrons. The van der Waals surface area contributed by atoms with Crippen LogP contribution in [0.5, 0.6) is 0 Å². The van der Waals surface area contributed by atoms with E-state index in [-0.39, 0.29) is 22.0 Å². The molecule has 2 aromatic rings. The smallest absolute Gasteiger partial charge is 0.266 e. The van der Waals surface area contributed by atoms with Crippen LogP contribution in [0.1, 0.15) is 5.56 Å². The van der Waals surface area contributed by atoms with Gasteiger partial charge in [-0.05, 0) is 30.3 Å². The van der Waals surface area contributed by atoms with Crippen molar-refractivity contribution in [3.8, 4) is 6.07 Å². The number of nitrogens with zero attached hydrogens (tertiary/aromatic N) is 1. The van der Waals surface area contributed by atoms with Crippen LogP contribution in [0, 0.1) is 17.1 Å². The maximum atomic E-state index is 13.7. The van der Waals surface area contributed by atoms with Crippen molar-refractivity contribution in [2.24, 2.45) is 0 Å². The minimum Gasteiger partial charge on any atom is -0.398 e. The van der Waals surface area contributed by atoms with Crippen molar-refractivity contribution >= 4 is 33.0 Å². The molecule has 3 N–H and O–H groups in total. The first-order valence-electron chi connectivity index (χ1n) is 5.61. The van der Waals surface area contributed by atoms with E-state index < -0.39 is 20.7 Å². The maximum absolute atomic E-state index is 13.7. The Hall–Kier alpha value is -2.30. The molecule has 0 radical (unpaired) electrons. The van der Waals surface area contributed by atoms with Gasteiger partial charge in [-0.2, -0.15) is 5.26 Å². The standard InChI is InChI=1S/C13H9ClFN3O2S/c14-10-6-9(5-4-8(10)7-16)18-21(19,20)13-11(15)2-1-3-12(13)17/h1-6,18H,17H2. The molecule has 2 aromatic carbocycles. The molecule has 0 amide bonds. The Morgan fingerprint density at radius 1 is 1.29 bits per heavy atom. The highest BCUT2D eigenvalue weighted by molar-refractivity contribution is 7.92. The van der Waals surface area contributed by atoms with Crippen LogP contribution < -0.4 is 10.5 Å². The Morgan fingerprint density at radius 2 is 2.00 bits per heavy atom. The lowest BCUT2D eigenvalue weighted by atomic mass is 10.2. The highest BCUT2D eigenvalue weighted by Crippen LogP contribution is 2.26. The van der Waals surface area contributed by atoms with Gasteiger partial charge in [-0.3, -0.25) is 4.72 Å². The number of sulfonamides is 1. The molecule has 0 spiro atoms. The van der Waals surface area contributed by atoms with Gasteiger partial charge in [-0.1, -0.05) is 17.7 Å². The average molecular weight is 326 g/mol. The molecule has 0 aliphatic heterocycles. The number of benzene rings is 2. The zero-order chi connectivity index (χ0) is 15.6. The van der Waals surface area contributed by atoms with Crippen LogP contribution >= 0.6 is 11.6 Å². The summed E-state index contributed by atoms with van der Waals surface area (Å²) in [6.07, 6.45) is 0. The quantitative estimate of drug-likeness (QED) is 0.848. The Bertz CT molecular complexity index is 827. The van der Waals surface area contributed by atoms with Crippen LogP contribution in [0.4, 0.5) is 15.8 Å². The topological polar surface area (TPSA) is 96.0 Å². The lowest BCUT2D eigenvalue weighted by Gasteiger charge is -2.11. The molecular formula is C13H9ClFN3O2S. The van der Waals surface area contributed by atoms with Crippen LogP contribution in [-0.4, -0.2) is 8.42 Å². The van der Waals surface area contributed by atoms with Crippen molar-refractivity contribution in [2.75, 3.05) is 10.5 Å². The zero-order valence-corrected chi connectivity index (χ0v) is 12.0. The third-order valence-corrected chi connectivity index (χ3v) is 4.39. The van der Waals surface area contributed by atoms with Crippen molar-refractivity contribution in [3.63, 3.8) is 0 Å². The molecule has 8 heteroatoms. The van der Waals surface area contributed by atoms with Gasteiger partial charge in [-0.25, -0.2) is 12.8 Å². The van der Waals surface area contributed by atoms with E-state index in [9.17, 15) is 12.8 Å². The summed E-state index contributed by atoms with van der Waals surface area (Å²) in [4.78, 5) is -0.634. The second-order valence-corrected chi connectivity index (χ2v) is 6.10. The Morgan fingerprint density at radius 3 is 2.57 bits per heavy atom.